The molecule has 0 radical (unpaired) electrons. The molecule has 3 rings (SSSR count). The number of ether oxygens (including phenoxy) is 1. The van der Waals surface area contributed by atoms with Crippen molar-refractivity contribution >= 4 is 23.5 Å². The lowest BCUT2D eigenvalue weighted by Gasteiger charge is -2.30. The lowest BCUT2D eigenvalue weighted by atomic mass is 9.96. The van der Waals surface area contributed by atoms with Gasteiger partial charge in [-0.25, -0.2) is 0 Å². The minimum Gasteiger partial charge on any atom is -0.481 e. The van der Waals surface area contributed by atoms with E-state index in [2.05, 4.69) is 5.32 Å². The second-order valence-corrected chi connectivity index (χ2v) is 7.00. The van der Waals surface area contributed by atoms with Crippen LogP contribution in [0.4, 0.5) is 5.69 Å². The third-order valence-corrected chi connectivity index (χ3v) is 5.11. The molecule has 1 heterocycles. The summed E-state index contributed by atoms with van der Waals surface area (Å²) < 4.78 is 5.32. The van der Waals surface area contributed by atoms with Crippen LogP contribution in [0.1, 0.15) is 34.9 Å². The van der Waals surface area contributed by atoms with E-state index in [1.807, 2.05) is 30.3 Å². The van der Waals surface area contributed by atoms with Crippen LogP contribution in [-0.4, -0.2) is 48.0 Å². The molecule has 1 aliphatic heterocycles. The zero-order chi connectivity index (χ0) is 20.8. The van der Waals surface area contributed by atoms with Crippen molar-refractivity contribution in [2.45, 2.75) is 18.9 Å². The Hall–Kier alpha value is -3.19. The van der Waals surface area contributed by atoms with Gasteiger partial charge in [-0.1, -0.05) is 30.3 Å². The highest BCUT2D eigenvalue weighted by molar-refractivity contribution is 5.97. The van der Waals surface area contributed by atoms with Crippen molar-refractivity contribution in [2.75, 3.05) is 25.5 Å². The molecule has 1 atom stereocenters. The Kier molecular flexibility index (Phi) is 6.61. The fourth-order valence-corrected chi connectivity index (χ4v) is 3.44. The largest absolute Gasteiger partial charge is 0.481 e. The molecule has 1 aliphatic rings. The minimum absolute atomic E-state index is 0.134. The predicted molar refractivity (Wildman–Crippen MR) is 108 cm³/mol. The fraction of sp³-hybridized carbons (Fsp3) is 0.318. The van der Waals surface area contributed by atoms with Crippen molar-refractivity contribution in [3.8, 4) is 0 Å². The number of aliphatic carboxylic acids is 1. The molecule has 1 unspecified atom stereocenters. The van der Waals surface area contributed by atoms with Crippen molar-refractivity contribution < 1.29 is 24.2 Å². The van der Waals surface area contributed by atoms with Crippen LogP contribution in [-0.2, 0) is 14.3 Å². The molecule has 0 aromatic heterocycles. The lowest BCUT2D eigenvalue weighted by Crippen LogP contribution is -2.40. The van der Waals surface area contributed by atoms with Crippen LogP contribution in [0.3, 0.4) is 0 Å². The van der Waals surface area contributed by atoms with E-state index in [4.69, 9.17) is 9.84 Å². The predicted octanol–water partition coefficient (Wildman–Crippen LogP) is 2.95. The zero-order valence-corrected chi connectivity index (χ0v) is 16.2. The summed E-state index contributed by atoms with van der Waals surface area (Å²) in [7, 11) is 1.48. The van der Waals surface area contributed by atoms with E-state index in [0.717, 1.165) is 5.56 Å². The number of carboxylic acids is 1. The number of methoxy groups -OCH3 is 1. The first-order valence-corrected chi connectivity index (χ1v) is 9.50. The van der Waals surface area contributed by atoms with Gasteiger partial charge in [0.25, 0.3) is 11.8 Å². The molecular formula is C22H24N2O5. The molecule has 0 saturated carbocycles. The molecule has 0 spiro atoms. The summed E-state index contributed by atoms with van der Waals surface area (Å²) >= 11 is 0. The average Bonchev–Trinajstić information content (AvgIpc) is 2.75. The number of carbonyl (C=O) groups is 3. The summed E-state index contributed by atoms with van der Waals surface area (Å²) in [5.74, 6) is -1.61. The van der Waals surface area contributed by atoms with Gasteiger partial charge < -0.3 is 20.1 Å². The SMILES string of the molecule is COC(C(=O)Nc1ccc(C(=O)N2CCC(C(=O)O)CC2)cc1)c1ccccc1. The molecule has 1 fully saturated rings. The van der Waals surface area contributed by atoms with Gasteiger partial charge in [-0.15, -0.1) is 0 Å². The number of anilines is 1. The molecular weight excluding hydrogens is 372 g/mol. The van der Waals surface area contributed by atoms with Gasteiger partial charge in [0.05, 0.1) is 5.92 Å². The summed E-state index contributed by atoms with van der Waals surface area (Å²) in [5, 5.41) is 11.9. The normalized spacial score (nSPS) is 15.6. The molecule has 0 aliphatic carbocycles. The Balaban J connectivity index is 1.60. The molecule has 2 aromatic carbocycles. The number of piperidine rings is 1. The maximum Gasteiger partial charge on any atom is 0.306 e. The molecule has 29 heavy (non-hydrogen) atoms. The van der Waals surface area contributed by atoms with Gasteiger partial charge >= 0.3 is 5.97 Å². The summed E-state index contributed by atoms with van der Waals surface area (Å²) in [6, 6.07) is 15.9. The molecule has 1 saturated heterocycles. The van der Waals surface area contributed by atoms with Crippen molar-refractivity contribution in [2.24, 2.45) is 5.92 Å². The summed E-state index contributed by atoms with van der Waals surface area (Å²) in [6.45, 7) is 0.863. The van der Waals surface area contributed by atoms with E-state index in [-0.39, 0.29) is 17.7 Å². The summed E-state index contributed by atoms with van der Waals surface area (Å²) in [4.78, 5) is 37.9. The Morgan fingerprint density at radius 2 is 1.66 bits per heavy atom. The second-order valence-electron chi connectivity index (χ2n) is 7.00. The van der Waals surface area contributed by atoms with Crippen molar-refractivity contribution in [1.29, 1.82) is 0 Å². The van der Waals surface area contributed by atoms with Crippen molar-refractivity contribution in [3.05, 3.63) is 65.7 Å². The fourth-order valence-electron chi connectivity index (χ4n) is 3.44. The quantitative estimate of drug-likeness (QED) is 0.783. The van der Waals surface area contributed by atoms with Crippen molar-refractivity contribution in [3.63, 3.8) is 0 Å². The van der Waals surface area contributed by atoms with Crippen LogP contribution in [0.25, 0.3) is 0 Å². The highest BCUT2D eigenvalue weighted by Crippen LogP contribution is 2.21. The molecule has 2 amide bonds. The van der Waals surface area contributed by atoms with Gasteiger partial charge in [0.2, 0.25) is 0 Å². The van der Waals surface area contributed by atoms with Gasteiger partial charge in [0, 0.05) is 31.5 Å². The highest BCUT2D eigenvalue weighted by atomic mass is 16.5. The van der Waals surface area contributed by atoms with Gasteiger partial charge in [0.15, 0.2) is 6.10 Å². The third kappa shape index (κ3) is 5.00. The molecule has 0 bridgehead atoms. The Morgan fingerprint density at radius 1 is 1.03 bits per heavy atom. The van der Waals surface area contributed by atoms with Crippen molar-refractivity contribution in [1.82, 2.24) is 4.90 Å². The molecule has 152 valence electrons. The average molecular weight is 396 g/mol. The minimum atomic E-state index is -0.804. The standard InChI is InChI=1S/C22H24N2O5/c1-29-19(15-5-3-2-4-6-15)20(25)23-18-9-7-16(8-10-18)21(26)24-13-11-17(12-14-24)22(27)28/h2-10,17,19H,11-14H2,1H3,(H,23,25)(H,27,28). The number of amides is 2. The Morgan fingerprint density at radius 3 is 2.21 bits per heavy atom. The molecule has 7 heteroatoms. The van der Waals surface area contributed by atoms with Gasteiger partial charge in [0.1, 0.15) is 0 Å². The van der Waals surface area contributed by atoms with E-state index in [0.29, 0.717) is 37.2 Å². The highest BCUT2D eigenvalue weighted by Gasteiger charge is 2.27. The number of hydrogen-bond donors (Lipinski definition) is 2. The number of hydrogen-bond acceptors (Lipinski definition) is 4. The van der Waals surface area contributed by atoms with Crippen LogP contribution in [0.15, 0.2) is 54.6 Å². The van der Waals surface area contributed by atoms with Crippen LogP contribution in [0, 0.1) is 5.92 Å². The maximum atomic E-state index is 12.6. The first-order valence-electron chi connectivity index (χ1n) is 9.50. The van der Waals surface area contributed by atoms with Crippen LogP contribution in [0.2, 0.25) is 0 Å². The summed E-state index contributed by atoms with van der Waals surface area (Å²) in [6.07, 6.45) is 0.202. The Bertz CT molecular complexity index is 859. The Labute approximate surface area is 169 Å². The zero-order valence-electron chi connectivity index (χ0n) is 16.2. The number of likely N-dealkylation sites (tertiary alicyclic amines) is 1. The topological polar surface area (TPSA) is 95.9 Å². The van der Waals surface area contributed by atoms with E-state index in [1.54, 1.807) is 29.2 Å². The third-order valence-electron chi connectivity index (χ3n) is 5.11. The first-order chi connectivity index (χ1) is 14.0. The molecule has 2 N–H and O–H groups in total. The van der Waals surface area contributed by atoms with Crippen LogP contribution >= 0.6 is 0 Å². The number of rotatable bonds is 6. The van der Waals surface area contributed by atoms with Crippen LogP contribution in [0.5, 0.6) is 0 Å². The maximum absolute atomic E-state index is 12.6. The molecule has 7 nitrogen and oxygen atoms in total. The van der Waals surface area contributed by atoms with E-state index < -0.39 is 12.1 Å². The van der Waals surface area contributed by atoms with E-state index >= 15 is 0 Å². The van der Waals surface area contributed by atoms with E-state index in [1.165, 1.54) is 7.11 Å². The summed E-state index contributed by atoms with van der Waals surface area (Å²) in [5.41, 5.74) is 1.82. The number of carbonyl (C=O) groups excluding carboxylic acids is 2. The number of benzene rings is 2. The van der Waals surface area contributed by atoms with Gasteiger partial charge in [-0.2, -0.15) is 0 Å². The number of nitrogens with zero attached hydrogens (tertiary/aromatic N) is 1. The lowest BCUT2D eigenvalue weighted by molar-refractivity contribution is -0.143. The monoisotopic (exact) mass is 396 g/mol. The van der Waals surface area contributed by atoms with Gasteiger partial charge in [-0.05, 0) is 42.7 Å². The van der Waals surface area contributed by atoms with Gasteiger partial charge in [-0.3, -0.25) is 14.4 Å². The van der Waals surface area contributed by atoms with Crippen LogP contribution < -0.4 is 5.32 Å². The first kappa shape index (κ1) is 20.5. The molecule has 2 aromatic rings. The van der Waals surface area contributed by atoms with E-state index in [9.17, 15) is 14.4 Å². The smallest absolute Gasteiger partial charge is 0.306 e. The number of carboxylic acid groups (broad SMARTS) is 1. The number of nitrogens with one attached hydrogen (secondary N) is 1. The second kappa shape index (κ2) is 9.34.